The van der Waals surface area contributed by atoms with Crippen LogP contribution in [-0.4, -0.2) is 16.5 Å². The lowest BCUT2D eigenvalue weighted by molar-refractivity contribution is -0.208. The molecule has 4 aliphatic carbocycles. The van der Waals surface area contributed by atoms with Crippen LogP contribution in [0.2, 0.25) is 0 Å². The molecular weight excluding hydrogens is 284 g/mol. The lowest BCUT2D eigenvalue weighted by Crippen LogP contribution is -2.57. The zero-order valence-electron chi connectivity index (χ0n) is 15.4. The predicted molar refractivity (Wildman–Crippen MR) is 92.7 cm³/mol. The summed E-state index contributed by atoms with van der Waals surface area (Å²) in [5, 5.41) is 20.3. The summed E-state index contributed by atoms with van der Waals surface area (Å²) >= 11 is 0. The highest BCUT2D eigenvalue weighted by atomic mass is 16.5. The number of aliphatic hydroxyl groups excluding tert-OH is 1. The monoisotopic (exact) mass is 320 g/mol. The van der Waals surface area contributed by atoms with Crippen LogP contribution in [0.5, 0.6) is 0 Å². The molecular formula is C21H36O2. The van der Waals surface area contributed by atoms with Gasteiger partial charge in [-0.25, -0.2) is 0 Å². The van der Waals surface area contributed by atoms with Crippen LogP contribution in [0.3, 0.4) is 0 Å². The second-order valence-electron chi connectivity index (χ2n) is 10.4. The first kappa shape index (κ1) is 16.4. The lowest BCUT2D eigenvalue weighted by Gasteiger charge is -2.63. The second-order valence-corrected chi connectivity index (χ2v) is 10.4. The first-order valence-corrected chi connectivity index (χ1v) is 10.2. The summed E-state index contributed by atoms with van der Waals surface area (Å²) in [6.45, 7) is 7.62. The molecule has 0 heterocycles. The molecule has 0 aliphatic heterocycles. The van der Waals surface area contributed by atoms with E-state index in [-0.39, 0.29) is 5.41 Å². The maximum Gasteiger partial charge on any atom is 0.157 e. The van der Waals surface area contributed by atoms with Gasteiger partial charge in [0.2, 0.25) is 0 Å². The maximum absolute atomic E-state index is 10.2. The average molecular weight is 321 g/mol. The molecule has 6 atom stereocenters. The SMILES string of the molecule is CC1(C)CCC[C@@]2(C)C1CC[C@H]1[C@@H]3CCC[C@@]3(C(O)O)CC[C@@H]12. The third kappa shape index (κ3) is 2.13. The summed E-state index contributed by atoms with van der Waals surface area (Å²) in [5.41, 5.74) is 0.840. The van der Waals surface area contributed by atoms with Crippen LogP contribution in [0.15, 0.2) is 0 Å². The van der Waals surface area contributed by atoms with E-state index in [4.69, 9.17) is 0 Å². The predicted octanol–water partition coefficient (Wildman–Crippen LogP) is 4.74. The summed E-state index contributed by atoms with van der Waals surface area (Å²) in [5.74, 6) is 3.03. The summed E-state index contributed by atoms with van der Waals surface area (Å²) in [7, 11) is 0. The molecule has 0 saturated heterocycles. The third-order valence-electron chi connectivity index (χ3n) is 9.28. The van der Waals surface area contributed by atoms with Crippen LogP contribution in [0.4, 0.5) is 0 Å². The van der Waals surface area contributed by atoms with E-state index in [0.29, 0.717) is 16.7 Å². The topological polar surface area (TPSA) is 40.5 Å². The Labute approximate surface area is 142 Å². The molecule has 0 radical (unpaired) electrons. The fourth-order valence-electron chi connectivity index (χ4n) is 8.35. The third-order valence-corrected chi connectivity index (χ3v) is 9.28. The van der Waals surface area contributed by atoms with Crippen molar-refractivity contribution < 1.29 is 10.2 Å². The van der Waals surface area contributed by atoms with Gasteiger partial charge in [-0.1, -0.05) is 33.6 Å². The Morgan fingerprint density at radius 3 is 2.30 bits per heavy atom. The van der Waals surface area contributed by atoms with Gasteiger partial charge >= 0.3 is 0 Å². The number of fused-ring (bicyclic) bond motifs is 5. The molecule has 4 rings (SSSR count). The molecule has 0 aromatic carbocycles. The van der Waals surface area contributed by atoms with Crippen molar-refractivity contribution in [3.63, 3.8) is 0 Å². The van der Waals surface area contributed by atoms with Gasteiger partial charge in [-0.05, 0) is 85.9 Å². The number of aliphatic hydroxyl groups is 2. The van der Waals surface area contributed by atoms with E-state index in [9.17, 15) is 10.2 Å². The Balaban J connectivity index is 1.67. The zero-order valence-corrected chi connectivity index (χ0v) is 15.4. The zero-order chi connectivity index (χ0) is 16.5. The molecule has 2 N–H and O–H groups in total. The van der Waals surface area contributed by atoms with Crippen LogP contribution in [0.1, 0.15) is 85.0 Å². The largest absolute Gasteiger partial charge is 0.368 e. The van der Waals surface area contributed by atoms with Crippen molar-refractivity contribution >= 4 is 0 Å². The van der Waals surface area contributed by atoms with Gasteiger partial charge in [-0.2, -0.15) is 0 Å². The van der Waals surface area contributed by atoms with Crippen LogP contribution in [0, 0.1) is 39.9 Å². The smallest absolute Gasteiger partial charge is 0.157 e. The first-order chi connectivity index (χ1) is 10.8. The first-order valence-electron chi connectivity index (χ1n) is 10.2. The van der Waals surface area contributed by atoms with Crippen molar-refractivity contribution in [2.45, 2.75) is 91.3 Å². The van der Waals surface area contributed by atoms with E-state index in [2.05, 4.69) is 20.8 Å². The van der Waals surface area contributed by atoms with Crippen LogP contribution < -0.4 is 0 Å². The summed E-state index contributed by atoms with van der Waals surface area (Å²) in [6, 6.07) is 0. The van der Waals surface area contributed by atoms with Gasteiger partial charge in [-0.15, -0.1) is 0 Å². The number of hydrogen-bond donors (Lipinski definition) is 2. The van der Waals surface area contributed by atoms with Crippen molar-refractivity contribution in [2.75, 3.05) is 0 Å². The summed E-state index contributed by atoms with van der Waals surface area (Å²) in [6.07, 6.45) is 11.6. The average Bonchev–Trinajstić information content (AvgIpc) is 2.91. The van der Waals surface area contributed by atoms with Gasteiger partial charge in [0.05, 0.1) is 0 Å². The molecule has 132 valence electrons. The van der Waals surface area contributed by atoms with Crippen LogP contribution >= 0.6 is 0 Å². The Morgan fingerprint density at radius 2 is 1.57 bits per heavy atom. The van der Waals surface area contributed by atoms with Crippen molar-refractivity contribution in [3.05, 3.63) is 0 Å². The highest BCUT2D eigenvalue weighted by Crippen LogP contribution is 2.69. The highest BCUT2D eigenvalue weighted by molar-refractivity contribution is 5.10. The molecule has 0 aromatic heterocycles. The van der Waals surface area contributed by atoms with Crippen molar-refractivity contribution in [3.8, 4) is 0 Å². The molecule has 1 unspecified atom stereocenters. The molecule has 0 amide bonds. The number of rotatable bonds is 1. The number of hydrogen-bond acceptors (Lipinski definition) is 2. The summed E-state index contributed by atoms with van der Waals surface area (Å²) in [4.78, 5) is 0. The summed E-state index contributed by atoms with van der Waals surface area (Å²) < 4.78 is 0. The lowest BCUT2D eigenvalue weighted by atomic mass is 9.41. The minimum Gasteiger partial charge on any atom is -0.368 e. The highest BCUT2D eigenvalue weighted by Gasteiger charge is 2.62. The Hall–Kier alpha value is -0.0800. The minimum atomic E-state index is -1.09. The van der Waals surface area contributed by atoms with E-state index < -0.39 is 6.29 Å². The Bertz CT molecular complexity index is 470. The van der Waals surface area contributed by atoms with E-state index in [1.807, 2.05) is 0 Å². The van der Waals surface area contributed by atoms with E-state index >= 15 is 0 Å². The molecule has 0 aromatic rings. The normalized spacial score (nSPS) is 51.9. The van der Waals surface area contributed by atoms with Gasteiger partial charge in [0, 0.05) is 5.41 Å². The van der Waals surface area contributed by atoms with E-state index in [0.717, 1.165) is 30.6 Å². The molecule has 2 heteroatoms. The van der Waals surface area contributed by atoms with Gasteiger partial charge < -0.3 is 10.2 Å². The Morgan fingerprint density at radius 1 is 0.783 bits per heavy atom. The second kappa shape index (κ2) is 5.21. The quantitative estimate of drug-likeness (QED) is 0.685. The fraction of sp³-hybridized carbons (Fsp3) is 1.00. The van der Waals surface area contributed by atoms with Gasteiger partial charge in [0.15, 0.2) is 6.29 Å². The standard InChI is InChI=1S/C21H36O2/c1-19(2)10-5-11-20(3)15-9-13-21(18(22)23)12-4-6-16(21)14(15)7-8-17(19)20/h14-18,22-23H,4-13H2,1-3H3/t14-,15+,16+,17?,20-,21-/m1/s1. The molecule has 2 nitrogen and oxygen atoms in total. The van der Waals surface area contributed by atoms with Crippen molar-refractivity contribution in [1.82, 2.24) is 0 Å². The van der Waals surface area contributed by atoms with Crippen LogP contribution in [-0.2, 0) is 0 Å². The molecule has 0 bridgehead atoms. The van der Waals surface area contributed by atoms with E-state index in [1.54, 1.807) is 0 Å². The van der Waals surface area contributed by atoms with Crippen LogP contribution in [0.25, 0.3) is 0 Å². The molecule has 4 saturated carbocycles. The van der Waals surface area contributed by atoms with E-state index in [1.165, 1.54) is 51.4 Å². The molecule has 23 heavy (non-hydrogen) atoms. The Kier molecular flexibility index (Phi) is 3.71. The maximum atomic E-state index is 10.2. The van der Waals surface area contributed by atoms with Crippen molar-refractivity contribution in [1.29, 1.82) is 0 Å². The fourth-order valence-corrected chi connectivity index (χ4v) is 8.35. The van der Waals surface area contributed by atoms with Gasteiger partial charge in [0.1, 0.15) is 0 Å². The van der Waals surface area contributed by atoms with Gasteiger partial charge in [-0.3, -0.25) is 0 Å². The molecule has 0 spiro atoms. The van der Waals surface area contributed by atoms with Gasteiger partial charge in [0.25, 0.3) is 0 Å². The minimum absolute atomic E-state index is 0.158. The van der Waals surface area contributed by atoms with Crippen molar-refractivity contribution in [2.24, 2.45) is 39.9 Å². The molecule has 4 fully saturated rings. The molecule has 4 aliphatic rings.